The van der Waals surface area contributed by atoms with Gasteiger partial charge in [-0.3, -0.25) is 0 Å². The minimum Gasteiger partial charge on any atom is -0.144 e. The third kappa shape index (κ3) is 1.18. The molecule has 0 aliphatic heterocycles. The van der Waals surface area contributed by atoms with Crippen molar-refractivity contribution in [3.05, 3.63) is 33.5 Å². The molecule has 0 fully saturated rings. The maximum absolute atomic E-state index is 2.32. The molecule has 2 heterocycles. The highest BCUT2D eigenvalue weighted by molar-refractivity contribution is 7.20. The maximum Gasteiger partial charge on any atom is 0.0384 e. The molecule has 0 saturated carbocycles. The van der Waals surface area contributed by atoms with Gasteiger partial charge in [0.25, 0.3) is 0 Å². The number of thiophene rings is 2. The highest BCUT2D eigenvalue weighted by Gasteiger charge is 2.11. The summed E-state index contributed by atoms with van der Waals surface area (Å²) in [5.41, 5.74) is 2.90. The van der Waals surface area contributed by atoms with Crippen LogP contribution in [0.5, 0.6) is 0 Å². The van der Waals surface area contributed by atoms with Crippen LogP contribution in [0.25, 0.3) is 20.2 Å². The third-order valence-electron chi connectivity index (χ3n) is 3.01. The van der Waals surface area contributed by atoms with Crippen molar-refractivity contribution in [2.45, 2.75) is 20.8 Å². The Hall–Kier alpha value is -0.860. The normalized spacial score (nSPS) is 11.7. The van der Waals surface area contributed by atoms with E-state index < -0.39 is 0 Å². The average molecular weight is 232 g/mol. The Morgan fingerprint density at radius 2 is 1.67 bits per heavy atom. The minimum atomic E-state index is 1.41. The summed E-state index contributed by atoms with van der Waals surface area (Å²) in [5, 5.41) is 5.08. The zero-order valence-corrected chi connectivity index (χ0v) is 10.7. The van der Waals surface area contributed by atoms with Crippen LogP contribution in [0.15, 0.2) is 17.5 Å². The zero-order valence-electron chi connectivity index (χ0n) is 9.05. The van der Waals surface area contributed by atoms with E-state index in [2.05, 4.69) is 38.3 Å². The molecule has 0 spiro atoms. The second-order valence-corrected chi connectivity index (χ2v) is 6.19. The van der Waals surface area contributed by atoms with E-state index >= 15 is 0 Å². The van der Waals surface area contributed by atoms with E-state index in [1.54, 1.807) is 0 Å². The standard InChI is InChI=1S/C13H12S2/c1-7-6-11-9(3)12-10(4-5-14-12)8(2)13(11)15-7/h4-6H,1-3H3. The van der Waals surface area contributed by atoms with E-state index in [9.17, 15) is 0 Å². The monoisotopic (exact) mass is 232 g/mol. The van der Waals surface area contributed by atoms with Gasteiger partial charge in [0.05, 0.1) is 0 Å². The lowest BCUT2D eigenvalue weighted by atomic mass is 10.0. The summed E-state index contributed by atoms with van der Waals surface area (Å²) < 4.78 is 2.92. The first-order valence-electron chi connectivity index (χ1n) is 5.05. The fourth-order valence-corrected chi connectivity index (χ4v) is 4.27. The van der Waals surface area contributed by atoms with Crippen LogP contribution in [0.1, 0.15) is 16.0 Å². The molecule has 0 bridgehead atoms. The molecule has 2 heteroatoms. The molecule has 0 aliphatic carbocycles. The van der Waals surface area contributed by atoms with Crippen molar-refractivity contribution in [3.8, 4) is 0 Å². The van der Waals surface area contributed by atoms with Gasteiger partial charge < -0.3 is 0 Å². The number of hydrogen-bond donors (Lipinski definition) is 0. The van der Waals surface area contributed by atoms with Crippen molar-refractivity contribution >= 4 is 42.8 Å². The second-order valence-electron chi connectivity index (χ2n) is 4.01. The molecule has 2 aromatic heterocycles. The van der Waals surface area contributed by atoms with E-state index in [0.717, 1.165) is 0 Å². The maximum atomic E-state index is 2.32. The topological polar surface area (TPSA) is 0 Å². The molecule has 15 heavy (non-hydrogen) atoms. The van der Waals surface area contributed by atoms with Gasteiger partial charge in [-0.1, -0.05) is 0 Å². The first-order chi connectivity index (χ1) is 7.18. The van der Waals surface area contributed by atoms with Crippen LogP contribution in [0.4, 0.5) is 0 Å². The average Bonchev–Trinajstić information content (AvgIpc) is 2.79. The number of rotatable bonds is 0. The summed E-state index contributed by atoms with van der Waals surface area (Å²) in [6.45, 7) is 6.68. The lowest BCUT2D eigenvalue weighted by Gasteiger charge is -2.03. The van der Waals surface area contributed by atoms with Gasteiger partial charge in [-0.05, 0) is 60.2 Å². The second kappa shape index (κ2) is 3.06. The molecule has 0 amide bonds. The lowest BCUT2D eigenvalue weighted by Crippen LogP contribution is -1.79. The van der Waals surface area contributed by atoms with Crippen molar-refractivity contribution in [1.82, 2.24) is 0 Å². The lowest BCUT2D eigenvalue weighted by molar-refractivity contribution is 1.57. The summed E-state index contributed by atoms with van der Waals surface area (Å²) in [7, 11) is 0. The van der Waals surface area contributed by atoms with Gasteiger partial charge in [-0.2, -0.15) is 0 Å². The van der Waals surface area contributed by atoms with Crippen molar-refractivity contribution in [2.75, 3.05) is 0 Å². The molecule has 3 aromatic rings. The molecule has 0 atom stereocenters. The Morgan fingerprint density at radius 1 is 0.933 bits per heavy atom. The van der Waals surface area contributed by atoms with Crippen LogP contribution in [0, 0.1) is 20.8 Å². The Labute approximate surface area is 97.2 Å². The van der Waals surface area contributed by atoms with Crippen molar-refractivity contribution in [2.24, 2.45) is 0 Å². The summed E-state index contributed by atoms with van der Waals surface area (Å²) in [4.78, 5) is 1.41. The van der Waals surface area contributed by atoms with E-state index in [1.165, 1.54) is 36.2 Å². The van der Waals surface area contributed by atoms with Crippen LogP contribution in [-0.4, -0.2) is 0 Å². The van der Waals surface area contributed by atoms with E-state index in [1.807, 2.05) is 22.7 Å². The number of hydrogen-bond acceptors (Lipinski definition) is 2. The fraction of sp³-hybridized carbons (Fsp3) is 0.231. The Morgan fingerprint density at radius 3 is 2.47 bits per heavy atom. The van der Waals surface area contributed by atoms with Crippen molar-refractivity contribution in [1.29, 1.82) is 0 Å². The van der Waals surface area contributed by atoms with Crippen LogP contribution >= 0.6 is 22.7 Å². The van der Waals surface area contributed by atoms with Crippen LogP contribution in [0.2, 0.25) is 0 Å². The summed E-state index contributed by atoms with van der Waals surface area (Å²) in [5.74, 6) is 0. The van der Waals surface area contributed by atoms with Crippen molar-refractivity contribution < 1.29 is 0 Å². The quantitative estimate of drug-likeness (QED) is 0.509. The predicted octanol–water partition coefficient (Wildman–Crippen LogP) is 5.04. The molecule has 0 nitrogen and oxygen atoms in total. The van der Waals surface area contributed by atoms with Gasteiger partial charge in [0, 0.05) is 14.3 Å². The van der Waals surface area contributed by atoms with Gasteiger partial charge in [0.15, 0.2) is 0 Å². The van der Waals surface area contributed by atoms with E-state index in [4.69, 9.17) is 0 Å². The Bertz CT molecular complexity index is 602. The summed E-state index contributed by atoms with van der Waals surface area (Å²) in [6.07, 6.45) is 0. The van der Waals surface area contributed by atoms with E-state index in [-0.39, 0.29) is 0 Å². The van der Waals surface area contributed by atoms with Crippen LogP contribution < -0.4 is 0 Å². The summed E-state index contributed by atoms with van der Waals surface area (Å²) in [6, 6.07) is 4.57. The van der Waals surface area contributed by atoms with Gasteiger partial charge in [-0.15, -0.1) is 22.7 Å². The molecule has 0 radical (unpaired) electrons. The highest BCUT2D eigenvalue weighted by Crippen LogP contribution is 2.38. The minimum absolute atomic E-state index is 1.41. The van der Waals surface area contributed by atoms with Gasteiger partial charge >= 0.3 is 0 Å². The third-order valence-corrected chi connectivity index (χ3v) is 5.21. The molecule has 0 unspecified atom stereocenters. The predicted molar refractivity (Wildman–Crippen MR) is 71.4 cm³/mol. The van der Waals surface area contributed by atoms with Gasteiger partial charge in [0.2, 0.25) is 0 Å². The van der Waals surface area contributed by atoms with Crippen LogP contribution in [0.3, 0.4) is 0 Å². The van der Waals surface area contributed by atoms with Crippen molar-refractivity contribution in [3.63, 3.8) is 0 Å². The number of benzene rings is 1. The number of aryl methyl sites for hydroxylation is 3. The smallest absolute Gasteiger partial charge is 0.0384 e. The number of fused-ring (bicyclic) bond motifs is 2. The first-order valence-corrected chi connectivity index (χ1v) is 6.74. The molecular weight excluding hydrogens is 220 g/mol. The molecule has 3 rings (SSSR count). The van der Waals surface area contributed by atoms with Gasteiger partial charge in [-0.25, -0.2) is 0 Å². The summed E-state index contributed by atoms with van der Waals surface area (Å²) >= 11 is 3.77. The SMILES string of the molecule is Cc1cc2c(C)c3sccc3c(C)c2s1. The largest absolute Gasteiger partial charge is 0.144 e. The fourth-order valence-electron chi connectivity index (χ4n) is 2.21. The Balaban J connectivity index is 2.67. The van der Waals surface area contributed by atoms with Crippen LogP contribution in [-0.2, 0) is 0 Å². The Kier molecular flexibility index (Phi) is 1.91. The molecule has 0 aliphatic rings. The molecule has 0 saturated heterocycles. The molecule has 0 N–H and O–H groups in total. The molecule has 76 valence electrons. The molecular formula is C13H12S2. The highest BCUT2D eigenvalue weighted by atomic mass is 32.1. The van der Waals surface area contributed by atoms with Gasteiger partial charge in [0.1, 0.15) is 0 Å². The first kappa shape index (κ1) is 9.37. The zero-order chi connectivity index (χ0) is 10.6. The van der Waals surface area contributed by atoms with E-state index in [0.29, 0.717) is 0 Å². The molecule has 1 aromatic carbocycles.